The summed E-state index contributed by atoms with van der Waals surface area (Å²) in [5, 5.41) is 3.03. The van der Waals surface area contributed by atoms with E-state index < -0.39 is 11.4 Å². The zero-order valence-corrected chi connectivity index (χ0v) is 26.4. The summed E-state index contributed by atoms with van der Waals surface area (Å²) in [4.78, 5) is 40.0. The number of hydrogen-bond acceptors (Lipinski definition) is 8. The van der Waals surface area contributed by atoms with Gasteiger partial charge in [0.1, 0.15) is 23.5 Å². The van der Waals surface area contributed by atoms with Crippen molar-refractivity contribution in [3.63, 3.8) is 0 Å². The van der Waals surface area contributed by atoms with Crippen LogP contribution < -0.4 is 15.0 Å². The molecule has 1 aliphatic carbocycles. The summed E-state index contributed by atoms with van der Waals surface area (Å²) in [5.41, 5.74) is -0.324. The molecular weight excluding hydrogens is 551 g/mol. The number of hydrogen-bond donors (Lipinski definition) is 1. The zero-order chi connectivity index (χ0) is 31.1. The van der Waals surface area contributed by atoms with Gasteiger partial charge in [-0.1, -0.05) is 0 Å². The predicted molar refractivity (Wildman–Crippen MR) is 164 cm³/mol. The van der Waals surface area contributed by atoms with E-state index in [4.69, 9.17) is 9.47 Å². The number of aromatic nitrogens is 2. The number of benzene rings is 1. The maximum Gasteiger partial charge on any atom is 0.407 e. The van der Waals surface area contributed by atoms with Crippen molar-refractivity contribution in [2.24, 2.45) is 5.92 Å². The first-order valence-electron chi connectivity index (χ1n) is 15.4. The minimum atomic E-state index is -0.501. The number of rotatable bonds is 9. The van der Waals surface area contributed by atoms with Crippen molar-refractivity contribution in [1.29, 1.82) is 0 Å². The molecule has 10 nitrogen and oxygen atoms in total. The molecular formula is C32H47FN6O4. The number of nitrogens with one attached hydrogen (secondary N) is 1. The maximum absolute atomic E-state index is 14.1. The third-order valence-corrected chi connectivity index (χ3v) is 8.24. The van der Waals surface area contributed by atoms with E-state index in [9.17, 15) is 14.0 Å². The molecule has 236 valence electrons. The van der Waals surface area contributed by atoms with Gasteiger partial charge in [0, 0.05) is 45.3 Å². The van der Waals surface area contributed by atoms with E-state index in [-0.39, 0.29) is 35.4 Å². The summed E-state index contributed by atoms with van der Waals surface area (Å²) in [6, 6.07) is 4.12. The highest BCUT2D eigenvalue weighted by molar-refractivity contribution is 5.97. The highest BCUT2D eigenvalue weighted by atomic mass is 19.1. The molecule has 0 unspecified atom stereocenters. The average molecular weight is 599 g/mol. The van der Waals surface area contributed by atoms with Crippen molar-refractivity contribution in [3.05, 3.63) is 42.1 Å². The normalized spacial score (nSPS) is 19.7. The number of anilines is 1. The molecule has 2 fully saturated rings. The second-order valence-corrected chi connectivity index (χ2v) is 12.9. The van der Waals surface area contributed by atoms with Gasteiger partial charge >= 0.3 is 6.09 Å². The number of halogens is 1. The Morgan fingerprint density at radius 3 is 2.44 bits per heavy atom. The predicted octanol–water partition coefficient (Wildman–Crippen LogP) is 5.48. The molecule has 1 N–H and O–H groups in total. The van der Waals surface area contributed by atoms with E-state index in [1.54, 1.807) is 18.1 Å². The van der Waals surface area contributed by atoms with Gasteiger partial charge in [-0.15, -0.1) is 0 Å². The number of carbonyl (C=O) groups excluding carboxylic acids is 2. The van der Waals surface area contributed by atoms with Gasteiger partial charge < -0.3 is 24.6 Å². The molecule has 0 spiro atoms. The molecule has 43 heavy (non-hydrogen) atoms. The largest absolute Gasteiger partial charge is 0.451 e. The molecule has 1 aromatic carbocycles. The highest BCUT2D eigenvalue weighted by Gasteiger charge is 2.27. The number of ether oxygens (including phenoxy) is 2. The molecule has 4 rings (SSSR count). The number of alkyl carbamates (subject to hydrolysis) is 1. The van der Waals surface area contributed by atoms with E-state index in [1.807, 2.05) is 34.6 Å². The van der Waals surface area contributed by atoms with Crippen LogP contribution in [0.1, 0.15) is 77.1 Å². The van der Waals surface area contributed by atoms with Crippen molar-refractivity contribution >= 4 is 17.8 Å². The van der Waals surface area contributed by atoms with Crippen LogP contribution in [0.15, 0.2) is 30.7 Å². The Balaban J connectivity index is 1.28. The molecule has 1 aliphatic heterocycles. The molecule has 1 aromatic heterocycles. The van der Waals surface area contributed by atoms with E-state index in [0.29, 0.717) is 17.5 Å². The Hall–Kier alpha value is -3.47. The lowest BCUT2D eigenvalue weighted by molar-refractivity contribution is 0.0485. The molecule has 0 bridgehead atoms. The average Bonchev–Trinajstić information content (AvgIpc) is 2.96. The van der Waals surface area contributed by atoms with Crippen LogP contribution in [0.5, 0.6) is 11.5 Å². The molecule has 2 amide bonds. The lowest BCUT2D eigenvalue weighted by atomic mass is 9.84. The maximum atomic E-state index is 14.1. The summed E-state index contributed by atoms with van der Waals surface area (Å²) < 4.78 is 25.7. The van der Waals surface area contributed by atoms with Crippen molar-refractivity contribution in [2.45, 2.75) is 84.4 Å². The molecule has 1 saturated heterocycles. The van der Waals surface area contributed by atoms with E-state index in [1.165, 1.54) is 24.5 Å². The van der Waals surface area contributed by atoms with E-state index in [0.717, 1.165) is 64.8 Å². The fraction of sp³-hybridized carbons (Fsp3) is 0.625. The Kier molecular flexibility index (Phi) is 10.8. The fourth-order valence-electron chi connectivity index (χ4n) is 5.54. The minimum absolute atomic E-state index is 0.0493. The summed E-state index contributed by atoms with van der Waals surface area (Å²) >= 11 is 0. The van der Waals surface area contributed by atoms with Crippen molar-refractivity contribution < 1.29 is 23.5 Å². The second kappa shape index (κ2) is 14.3. The van der Waals surface area contributed by atoms with Gasteiger partial charge in [-0.3, -0.25) is 9.69 Å². The molecule has 0 radical (unpaired) electrons. The summed E-state index contributed by atoms with van der Waals surface area (Å²) in [6.45, 7) is 13.8. The third kappa shape index (κ3) is 9.26. The van der Waals surface area contributed by atoms with Crippen LogP contribution in [0.2, 0.25) is 0 Å². The van der Waals surface area contributed by atoms with E-state index >= 15 is 0 Å². The molecule has 2 aliphatic rings. The molecule has 2 aromatic rings. The minimum Gasteiger partial charge on any atom is -0.451 e. The van der Waals surface area contributed by atoms with Crippen LogP contribution >= 0.6 is 0 Å². The quantitative estimate of drug-likeness (QED) is 0.405. The number of carbonyl (C=O) groups is 2. The van der Waals surface area contributed by atoms with Crippen molar-refractivity contribution in [1.82, 2.24) is 25.1 Å². The fourth-order valence-corrected chi connectivity index (χ4v) is 5.54. The van der Waals surface area contributed by atoms with Gasteiger partial charge in [-0.25, -0.2) is 19.2 Å². The van der Waals surface area contributed by atoms with Gasteiger partial charge in [-0.2, -0.15) is 0 Å². The summed E-state index contributed by atoms with van der Waals surface area (Å²) in [7, 11) is 1.69. The first-order chi connectivity index (χ1) is 20.4. The summed E-state index contributed by atoms with van der Waals surface area (Å²) in [6.07, 6.45) is 8.11. The number of nitrogens with zero attached hydrogens (tertiary/aromatic N) is 5. The first-order valence-corrected chi connectivity index (χ1v) is 15.4. The number of amides is 2. The van der Waals surface area contributed by atoms with Gasteiger partial charge in [0.25, 0.3) is 5.91 Å². The molecule has 11 heteroatoms. The van der Waals surface area contributed by atoms with Gasteiger partial charge in [0.2, 0.25) is 0 Å². The Labute approximate surface area is 254 Å². The lowest BCUT2D eigenvalue weighted by Gasteiger charge is -2.37. The van der Waals surface area contributed by atoms with Crippen LogP contribution in [0.3, 0.4) is 0 Å². The topological polar surface area (TPSA) is 100 Å². The Bertz CT molecular complexity index is 1240. The van der Waals surface area contributed by atoms with Gasteiger partial charge in [-0.05, 0) is 97.4 Å². The first kappa shape index (κ1) is 32.4. The standard InChI is InChI=1S/C32H47FN6O4/c1-22(2)37(6)30(40)26-19-24(33)9-12-27(26)42-28-20-34-21-35-29(28)39-17-15-38(16-18-39)14-13-23-7-10-25(11-8-23)36-31(41)43-32(3,4)5/h9,12,19-23,25H,7-8,10-11,13-18H2,1-6H3,(H,36,41)/t23-,25-. The van der Waals surface area contributed by atoms with Crippen LogP contribution in [0.4, 0.5) is 15.0 Å². The van der Waals surface area contributed by atoms with Crippen LogP contribution in [-0.4, -0.2) is 89.2 Å². The third-order valence-electron chi connectivity index (χ3n) is 8.24. The van der Waals surface area contributed by atoms with Gasteiger partial charge in [0.15, 0.2) is 11.6 Å². The molecule has 2 heterocycles. The van der Waals surface area contributed by atoms with Crippen molar-refractivity contribution in [2.75, 3.05) is 44.7 Å². The van der Waals surface area contributed by atoms with E-state index in [2.05, 4.69) is 25.1 Å². The zero-order valence-electron chi connectivity index (χ0n) is 26.4. The van der Waals surface area contributed by atoms with Crippen LogP contribution in [-0.2, 0) is 4.74 Å². The monoisotopic (exact) mass is 598 g/mol. The lowest BCUT2D eigenvalue weighted by Crippen LogP contribution is -2.47. The Morgan fingerprint density at radius 2 is 1.79 bits per heavy atom. The Morgan fingerprint density at radius 1 is 1.09 bits per heavy atom. The highest BCUT2D eigenvalue weighted by Crippen LogP contribution is 2.33. The molecule has 1 saturated carbocycles. The smallest absolute Gasteiger partial charge is 0.407 e. The SMILES string of the molecule is CC(C)N(C)C(=O)c1cc(F)ccc1Oc1cncnc1N1CCN(CC[C@H]2CC[C@H](NC(=O)OC(C)(C)C)CC2)CC1. The van der Waals surface area contributed by atoms with Crippen LogP contribution in [0, 0.1) is 11.7 Å². The van der Waals surface area contributed by atoms with Crippen molar-refractivity contribution in [3.8, 4) is 11.5 Å². The second-order valence-electron chi connectivity index (χ2n) is 12.9. The number of piperazine rings is 1. The molecule has 0 atom stereocenters. The van der Waals surface area contributed by atoms with Crippen LogP contribution in [0.25, 0.3) is 0 Å². The summed E-state index contributed by atoms with van der Waals surface area (Å²) in [5.74, 6) is 1.21. The van der Waals surface area contributed by atoms with Gasteiger partial charge in [0.05, 0.1) is 11.8 Å².